The van der Waals surface area contributed by atoms with Crippen LogP contribution in [0.2, 0.25) is 0 Å². The Morgan fingerprint density at radius 3 is 2.43 bits per heavy atom. The van der Waals surface area contributed by atoms with Crippen LogP contribution in [0, 0.1) is 11.8 Å². The first kappa shape index (κ1) is 21.2. The highest BCUT2D eigenvalue weighted by Crippen LogP contribution is 2.38. The molecular weight excluding hydrogens is 465 g/mol. The maximum Gasteiger partial charge on any atom is 0.338 e. The third-order valence-corrected chi connectivity index (χ3v) is 6.11. The first-order valence-electron chi connectivity index (χ1n) is 9.00. The fourth-order valence-corrected chi connectivity index (χ4v) is 4.47. The Kier molecular flexibility index (Phi) is 7.38. The van der Waals surface area contributed by atoms with Gasteiger partial charge in [-0.3, -0.25) is 4.79 Å². The van der Waals surface area contributed by atoms with Crippen molar-refractivity contribution in [3.05, 3.63) is 64.6 Å². The number of hydrogen-bond acceptors (Lipinski definition) is 3. The Balaban J connectivity index is 1.71. The van der Waals surface area contributed by atoms with Crippen molar-refractivity contribution in [1.82, 2.24) is 0 Å². The highest BCUT2D eigenvalue weighted by Gasteiger charge is 2.43. The quantitative estimate of drug-likeness (QED) is 0.436. The maximum atomic E-state index is 12.8. The lowest BCUT2D eigenvalue weighted by Gasteiger charge is -2.26. The lowest BCUT2D eigenvalue weighted by Crippen LogP contribution is -2.36. The summed E-state index contributed by atoms with van der Waals surface area (Å²) >= 11 is 15.8. The molecule has 2 aromatic carbocycles. The molecule has 1 N–H and O–H groups in total. The Bertz CT molecular complexity index is 816. The smallest absolute Gasteiger partial charge is 0.338 e. The van der Waals surface area contributed by atoms with Gasteiger partial charge in [-0.05, 0) is 42.8 Å². The van der Waals surface area contributed by atoms with Gasteiger partial charge >= 0.3 is 5.97 Å². The van der Waals surface area contributed by atoms with Gasteiger partial charge in [0.1, 0.15) is 6.10 Å². The average molecular weight is 485 g/mol. The number of ether oxygens (including phenoxy) is 1. The molecule has 0 bridgehead atoms. The minimum Gasteiger partial charge on any atom is -0.458 e. The summed E-state index contributed by atoms with van der Waals surface area (Å²) in [6.07, 6.45) is 0.615. The lowest BCUT2D eigenvalue weighted by atomic mass is 9.89. The van der Waals surface area contributed by atoms with Gasteiger partial charge in [0.25, 0.3) is 0 Å². The molecule has 1 aliphatic carbocycles. The average Bonchev–Trinajstić information content (AvgIpc) is 3.03. The molecule has 4 atom stereocenters. The van der Waals surface area contributed by atoms with Gasteiger partial charge < -0.3 is 10.1 Å². The van der Waals surface area contributed by atoms with Crippen LogP contribution in [0.25, 0.3) is 0 Å². The molecule has 148 valence electrons. The molecular formula is C21H20BrCl2NO3. The summed E-state index contributed by atoms with van der Waals surface area (Å²) in [4.78, 5) is 25.3. The number of benzene rings is 2. The first-order valence-corrected chi connectivity index (χ1v) is 10.8. The maximum absolute atomic E-state index is 12.8. The van der Waals surface area contributed by atoms with E-state index in [4.69, 9.17) is 27.9 Å². The molecule has 7 heteroatoms. The third kappa shape index (κ3) is 5.28. The van der Waals surface area contributed by atoms with Crippen molar-refractivity contribution in [2.75, 3.05) is 11.2 Å². The molecule has 2 aromatic rings. The minimum atomic E-state index is -0.506. The molecule has 3 rings (SSSR count). The number of alkyl halides is 2. The second-order valence-electron chi connectivity index (χ2n) is 6.80. The summed E-state index contributed by atoms with van der Waals surface area (Å²) in [5.74, 6) is -1.23. The molecule has 1 amide bonds. The molecule has 0 saturated heterocycles. The number of hydrogen-bond donors (Lipinski definition) is 1. The predicted molar refractivity (Wildman–Crippen MR) is 115 cm³/mol. The first-order chi connectivity index (χ1) is 13.5. The van der Waals surface area contributed by atoms with Crippen LogP contribution in [0.5, 0.6) is 0 Å². The van der Waals surface area contributed by atoms with Crippen molar-refractivity contribution in [2.24, 2.45) is 11.8 Å². The number of rotatable bonds is 6. The van der Waals surface area contributed by atoms with Crippen LogP contribution >= 0.6 is 39.1 Å². The zero-order chi connectivity index (χ0) is 20.1. The third-order valence-electron chi connectivity index (χ3n) is 4.89. The normalized spacial score (nSPS) is 22.5. The highest BCUT2D eigenvalue weighted by atomic mass is 79.9. The van der Waals surface area contributed by atoms with Gasteiger partial charge in [-0.1, -0.05) is 34.1 Å². The number of anilines is 1. The second-order valence-corrected chi connectivity index (χ2v) is 8.64. The Morgan fingerprint density at radius 1 is 1.11 bits per heavy atom. The molecule has 4 nitrogen and oxygen atoms in total. The van der Waals surface area contributed by atoms with E-state index < -0.39 is 18.0 Å². The number of carbonyl (C=O) groups is 2. The molecule has 1 fully saturated rings. The van der Waals surface area contributed by atoms with Crippen LogP contribution in [0.15, 0.2) is 59.1 Å². The van der Waals surface area contributed by atoms with Crippen LogP contribution < -0.4 is 5.32 Å². The van der Waals surface area contributed by atoms with Crippen molar-refractivity contribution in [3.8, 4) is 0 Å². The van der Waals surface area contributed by atoms with Crippen molar-refractivity contribution >= 4 is 56.7 Å². The molecule has 0 heterocycles. The van der Waals surface area contributed by atoms with Gasteiger partial charge in [0.05, 0.1) is 11.5 Å². The fraction of sp³-hybridized carbons (Fsp3) is 0.333. The summed E-state index contributed by atoms with van der Waals surface area (Å²) in [7, 11) is 0. The van der Waals surface area contributed by atoms with E-state index in [1.807, 2.05) is 30.3 Å². The van der Waals surface area contributed by atoms with Gasteiger partial charge in [-0.2, -0.15) is 0 Å². The van der Waals surface area contributed by atoms with Crippen molar-refractivity contribution in [3.63, 3.8) is 0 Å². The number of para-hydroxylation sites is 1. The molecule has 1 aliphatic rings. The standard InChI is InChI=1S/C21H20BrCl2NO3/c22-14-8-6-13(7-9-14)21(27)28-19-11-15(24)10-17(19)18(12-23)20(26)25-16-4-2-1-3-5-16/h1-9,15,17-19H,10-12H2,(H,25,26). The molecule has 0 spiro atoms. The minimum absolute atomic E-state index is 0.124. The lowest BCUT2D eigenvalue weighted by molar-refractivity contribution is -0.122. The number of nitrogens with one attached hydrogen (secondary N) is 1. The van der Waals surface area contributed by atoms with E-state index in [1.54, 1.807) is 24.3 Å². The molecule has 4 unspecified atom stereocenters. The zero-order valence-corrected chi connectivity index (χ0v) is 18.1. The number of carbonyl (C=O) groups excluding carboxylic acids is 2. The monoisotopic (exact) mass is 483 g/mol. The van der Waals surface area contributed by atoms with Crippen molar-refractivity contribution in [1.29, 1.82) is 0 Å². The predicted octanol–water partition coefficient (Wildman–Crippen LogP) is 5.49. The summed E-state index contributed by atoms with van der Waals surface area (Å²) in [5, 5.41) is 2.72. The summed E-state index contributed by atoms with van der Waals surface area (Å²) in [6.45, 7) is 0. The van der Waals surface area contributed by atoms with Gasteiger partial charge in [0.15, 0.2) is 0 Å². The SMILES string of the molecule is O=C(OC1CC(Cl)CC1C(CCl)C(=O)Nc1ccccc1)c1ccc(Br)cc1. The largest absolute Gasteiger partial charge is 0.458 e. The molecule has 28 heavy (non-hydrogen) atoms. The van der Waals surface area contributed by atoms with Gasteiger partial charge in [-0.15, -0.1) is 23.2 Å². The van der Waals surface area contributed by atoms with Crippen LogP contribution in [0.4, 0.5) is 5.69 Å². The van der Waals surface area contributed by atoms with E-state index in [1.165, 1.54) is 0 Å². The van der Waals surface area contributed by atoms with Gasteiger partial charge in [-0.25, -0.2) is 4.79 Å². The molecule has 0 radical (unpaired) electrons. The summed E-state index contributed by atoms with van der Waals surface area (Å²) in [6, 6.07) is 16.1. The van der Waals surface area contributed by atoms with Crippen LogP contribution in [-0.4, -0.2) is 29.2 Å². The number of esters is 1. The molecule has 0 aromatic heterocycles. The Labute approximate surface area is 182 Å². The zero-order valence-electron chi connectivity index (χ0n) is 15.0. The number of halogens is 3. The molecule has 0 aliphatic heterocycles. The van der Waals surface area contributed by atoms with E-state index in [-0.39, 0.29) is 23.1 Å². The van der Waals surface area contributed by atoms with Crippen LogP contribution in [0.3, 0.4) is 0 Å². The fourth-order valence-electron chi connectivity index (χ4n) is 3.46. The van der Waals surface area contributed by atoms with Crippen molar-refractivity contribution < 1.29 is 14.3 Å². The van der Waals surface area contributed by atoms with E-state index in [0.29, 0.717) is 24.1 Å². The van der Waals surface area contributed by atoms with Gasteiger partial charge in [0, 0.05) is 33.8 Å². The van der Waals surface area contributed by atoms with Crippen LogP contribution in [-0.2, 0) is 9.53 Å². The van der Waals surface area contributed by atoms with Crippen LogP contribution in [0.1, 0.15) is 23.2 Å². The second kappa shape index (κ2) is 9.77. The number of amides is 1. The summed E-state index contributed by atoms with van der Waals surface area (Å²) < 4.78 is 6.60. The van der Waals surface area contributed by atoms with Gasteiger partial charge in [0.2, 0.25) is 5.91 Å². The van der Waals surface area contributed by atoms with Crippen molar-refractivity contribution in [2.45, 2.75) is 24.3 Å². The van der Waals surface area contributed by atoms with E-state index in [2.05, 4.69) is 21.2 Å². The Hall–Kier alpha value is -1.56. The highest BCUT2D eigenvalue weighted by molar-refractivity contribution is 9.10. The summed E-state index contributed by atoms with van der Waals surface area (Å²) in [5.41, 5.74) is 1.16. The molecule has 1 saturated carbocycles. The Morgan fingerprint density at radius 2 is 1.79 bits per heavy atom. The topological polar surface area (TPSA) is 55.4 Å². The van der Waals surface area contributed by atoms with E-state index in [9.17, 15) is 9.59 Å². The van der Waals surface area contributed by atoms with E-state index >= 15 is 0 Å². The van der Waals surface area contributed by atoms with E-state index in [0.717, 1.165) is 4.47 Å².